The van der Waals surface area contributed by atoms with E-state index in [1.807, 2.05) is 25.2 Å². The highest BCUT2D eigenvalue weighted by molar-refractivity contribution is 5.93. The lowest BCUT2D eigenvalue weighted by Gasteiger charge is -1.95. The lowest BCUT2D eigenvalue weighted by atomic mass is 10.3. The average Bonchev–Trinajstić information content (AvgIpc) is 1.93. The van der Waals surface area contributed by atoms with Crippen molar-refractivity contribution in [3.63, 3.8) is 0 Å². The van der Waals surface area contributed by atoms with Gasteiger partial charge in [-0.05, 0) is 19.9 Å². The molecule has 0 spiro atoms. The number of rotatable bonds is 0. The molecule has 0 fully saturated rings. The Hall–Kier alpha value is -0.850. The second kappa shape index (κ2) is 2.62. The first-order valence-electron chi connectivity index (χ1n) is 3.18. The van der Waals surface area contributed by atoms with Gasteiger partial charge in [0, 0.05) is 5.71 Å². The summed E-state index contributed by atoms with van der Waals surface area (Å²) in [6.45, 7) is 4.09. The quantitative estimate of drug-likeness (QED) is 0.464. The Labute approximate surface area is 55.8 Å². The van der Waals surface area contributed by atoms with Crippen molar-refractivity contribution in [2.45, 2.75) is 19.9 Å². The lowest BCUT2D eigenvalue weighted by Crippen LogP contribution is -1.94. The van der Waals surface area contributed by atoms with Gasteiger partial charge in [-0.3, -0.25) is 4.99 Å². The van der Waals surface area contributed by atoms with E-state index < -0.39 is 0 Å². The van der Waals surface area contributed by atoms with Crippen molar-refractivity contribution in [3.05, 3.63) is 24.3 Å². The molecular weight excluding hydrogens is 110 g/mol. The summed E-state index contributed by atoms with van der Waals surface area (Å²) >= 11 is 0. The smallest absolute Gasteiger partial charge is 0.0657 e. The Morgan fingerprint density at radius 1 is 1.44 bits per heavy atom. The summed E-state index contributed by atoms with van der Waals surface area (Å²) in [5, 5.41) is 0. The summed E-state index contributed by atoms with van der Waals surface area (Å²) in [5.74, 6) is 0. The fraction of sp³-hybridized carbons (Fsp3) is 0.375. The highest BCUT2D eigenvalue weighted by Gasteiger charge is 1.93. The molecule has 0 aromatic heterocycles. The van der Waals surface area contributed by atoms with Crippen LogP contribution in [0.15, 0.2) is 29.3 Å². The van der Waals surface area contributed by atoms with E-state index in [0.29, 0.717) is 6.04 Å². The maximum atomic E-state index is 4.32. The predicted octanol–water partition coefficient (Wildman–Crippen LogP) is 1.96. The number of hydrogen-bond acceptors (Lipinski definition) is 1. The van der Waals surface area contributed by atoms with Crippen LogP contribution in [0.3, 0.4) is 0 Å². The average molecular weight is 121 g/mol. The second-order valence-electron chi connectivity index (χ2n) is 2.26. The van der Waals surface area contributed by atoms with Crippen molar-refractivity contribution in [3.8, 4) is 0 Å². The van der Waals surface area contributed by atoms with Gasteiger partial charge in [-0.25, -0.2) is 0 Å². The van der Waals surface area contributed by atoms with E-state index in [2.05, 4.69) is 18.0 Å². The van der Waals surface area contributed by atoms with Crippen LogP contribution < -0.4 is 0 Å². The SMILES string of the molecule is CC1=N[C@@H](C)C=CC=C1. The zero-order valence-electron chi connectivity index (χ0n) is 5.83. The summed E-state index contributed by atoms with van der Waals surface area (Å²) in [6.07, 6.45) is 8.14. The van der Waals surface area contributed by atoms with Crippen molar-refractivity contribution >= 4 is 5.71 Å². The fourth-order valence-corrected chi connectivity index (χ4v) is 0.827. The normalized spacial score (nSPS) is 25.6. The molecule has 1 heteroatoms. The van der Waals surface area contributed by atoms with Gasteiger partial charge in [0.2, 0.25) is 0 Å². The minimum Gasteiger partial charge on any atom is -0.283 e. The molecule has 0 radical (unpaired) electrons. The van der Waals surface area contributed by atoms with E-state index in [4.69, 9.17) is 0 Å². The molecule has 0 bridgehead atoms. The molecular formula is C8H11N. The number of aliphatic imine (C=N–C) groups is 1. The molecule has 0 aromatic carbocycles. The molecule has 1 heterocycles. The minimum atomic E-state index is 0.347. The van der Waals surface area contributed by atoms with Crippen molar-refractivity contribution in [1.29, 1.82) is 0 Å². The minimum absolute atomic E-state index is 0.347. The molecule has 0 saturated heterocycles. The fourth-order valence-electron chi connectivity index (χ4n) is 0.827. The first-order chi connectivity index (χ1) is 4.29. The largest absolute Gasteiger partial charge is 0.283 e. The summed E-state index contributed by atoms with van der Waals surface area (Å²) in [4.78, 5) is 4.32. The van der Waals surface area contributed by atoms with Crippen LogP contribution in [0, 0.1) is 0 Å². The molecule has 9 heavy (non-hydrogen) atoms. The monoisotopic (exact) mass is 121 g/mol. The van der Waals surface area contributed by atoms with E-state index in [1.54, 1.807) is 0 Å². The van der Waals surface area contributed by atoms with Gasteiger partial charge < -0.3 is 0 Å². The van der Waals surface area contributed by atoms with Crippen LogP contribution in [-0.4, -0.2) is 11.8 Å². The summed E-state index contributed by atoms with van der Waals surface area (Å²) in [6, 6.07) is 0.347. The Bertz CT molecular complexity index is 175. The van der Waals surface area contributed by atoms with Gasteiger partial charge in [0.1, 0.15) is 0 Å². The maximum absolute atomic E-state index is 4.32. The van der Waals surface area contributed by atoms with Crippen molar-refractivity contribution < 1.29 is 0 Å². The van der Waals surface area contributed by atoms with Crippen LogP contribution in [0.4, 0.5) is 0 Å². The first-order valence-corrected chi connectivity index (χ1v) is 3.18. The Morgan fingerprint density at radius 2 is 2.22 bits per heavy atom. The summed E-state index contributed by atoms with van der Waals surface area (Å²) < 4.78 is 0. The van der Waals surface area contributed by atoms with Crippen LogP contribution in [0.25, 0.3) is 0 Å². The Balaban J connectivity index is 2.77. The van der Waals surface area contributed by atoms with Gasteiger partial charge in [-0.2, -0.15) is 0 Å². The Kier molecular flexibility index (Phi) is 1.83. The summed E-state index contributed by atoms with van der Waals surface area (Å²) in [7, 11) is 0. The van der Waals surface area contributed by atoms with E-state index in [1.165, 1.54) is 0 Å². The molecule has 0 aliphatic carbocycles. The highest BCUT2D eigenvalue weighted by atomic mass is 14.8. The first kappa shape index (κ1) is 6.27. The van der Waals surface area contributed by atoms with Gasteiger partial charge in [0.05, 0.1) is 6.04 Å². The number of nitrogens with zero attached hydrogens (tertiary/aromatic N) is 1. The van der Waals surface area contributed by atoms with Crippen LogP contribution >= 0.6 is 0 Å². The molecule has 1 aliphatic rings. The van der Waals surface area contributed by atoms with Gasteiger partial charge in [-0.1, -0.05) is 18.2 Å². The molecule has 1 rings (SSSR count). The topological polar surface area (TPSA) is 12.4 Å². The van der Waals surface area contributed by atoms with Gasteiger partial charge in [0.15, 0.2) is 0 Å². The third kappa shape index (κ3) is 1.84. The van der Waals surface area contributed by atoms with E-state index in [-0.39, 0.29) is 0 Å². The second-order valence-corrected chi connectivity index (χ2v) is 2.26. The molecule has 1 atom stereocenters. The van der Waals surface area contributed by atoms with E-state index in [9.17, 15) is 0 Å². The maximum Gasteiger partial charge on any atom is 0.0657 e. The third-order valence-electron chi connectivity index (χ3n) is 1.25. The van der Waals surface area contributed by atoms with Crippen LogP contribution in [0.2, 0.25) is 0 Å². The van der Waals surface area contributed by atoms with Crippen molar-refractivity contribution in [2.24, 2.45) is 4.99 Å². The molecule has 0 amide bonds. The van der Waals surface area contributed by atoms with Gasteiger partial charge in [0.25, 0.3) is 0 Å². The standard InChI is InChI=1S/C8H11N/c1-7-5-3-4-6-8(2)9-7/h3-7H,1-2H3/t7-/m0/s1. The number of allylic oxidation sites excluding steroid dienone is 3. The van der Waals surface area contributed by atoms with Crippen LogP contribution in [-0.2, 0) is 0 Å². The van der Waals surface area contributed by atoms with Crippen LogP contribution in [0.1, 0.15) is 13.8 Å². The zero-order valence-corrected chi connectivity index (χ0v) is 5.83. The zero-order chi connectivity index (χ0) is 6.69. The predicted molar refractivity (Wildman–Crippen MR) is 40.9 cm³/mol. The Morgan fingerprint density at radius 3 is 3.00 bits per heavy atom. The van der Waals surface area contributed by atoms with Crippen molar-refractivity contribution in [2.75, 3.05) is 0 Å². The lowest BCUT2D eigenvalue weighted by molar-refractivity contribution is 0.929. The molecule has 0 N–H and O–H groups in total. The molecule has 0 unspecified atom stereocenters. The molecule has 48 valence electrons. The van der Waals surface area contributed by atoms with E-state index in [0.717, 1.165) is 5.71 Å². The molecule has 1 nitrogen and oxygen atoms in total. The highest BCUT2D eigenvalue weighted by Crippen LogP contribution is 1.98. The van der Waals surface area contributed by atoms with Crippen LogP contribution in [0.5, 0.6) is 0 Å². The van der Waals surface area contributed by atoms with E-state index >= 15 is 0 Å². The van der Waals surface area contributed by atoms with Crippen molar-refractivity contribution in [1.82, 2.24) is 0 Å². The third-order valence-corrected chi connectivity index (χ3v) is 1.25. The van der Waals surface area contributed by atoms with Gasteiger partial charge >= 0.3 is 0 Å². The van der Waals surface area contributed by atoms with Gasteiger partial charge in [-0.15, -0.1) is 0 Å². The number of hydrogen-bond donors (Lipinski definition) is 0. The summed E-state index contributed by atoms with van der Waals surface area (Å²) in [5.41, 5.74) is 1.10. The molecule has 0 aromatic rings. The molecule has 1 aliphatic heterocycles. The molecule has 0 saturated carbocycles.